The molecule has 6 heteroatoms. The molecule has 0 N–H and O–H groups in total. The van der Waals surface area contributed by atoms with Crippen molar-refractivity contribution in [1.82, 2.24) is 0 Å². The van der Waals surface area contributed by atoms with Gasteiger partial charge in [0.25, 0.3) is 0 Å². The van der Waals surface area contributed by atoms with Crippen LogP contribution in [-0.4, -0.2) is 5.97 Å². The van der Waals surface area contributed by atoms with E-state index in [9.17, 15) is 9.59 Å². The Morgan fingerprint density at radius 1 is 1.07 bits per heavy atom. The minimum atomic E-state index is -0.783. The summed E-state index contributed by atoms with van der Waals surface area (Å²) in [5.41, 5.74) is 1.40. The summed E-state index contributed by atoms with van der Waals surface area (Å²) in [5.74, 6) is -0.847. The Bertz CT molecular complexity index is 1190. The van der Waals surface area contributed by atoms with Gasteiger partial charge in [-0.05, 0) is 55.5 Å². The Morgan fingerprint density at radius 3 is 2.56 bits per heavy atom. The van der Waals surface area contributed by atoms with E-state index in [2.05, 4.69) is 0 Å². The SMILES string of the molecule is Cc1ccc2oc(-c3ccc(Cl)cc3)c(OC(=O)c3ccco3)c(=O)c2c1. The topological polar surface area (TPSA) is 69.7 Å². The average Bonchev–Trinajstić information content (AvgIpc) is 3.20. The quantitative estimate of drug-likeness (QED) is 0.455. The molecule has 0 aliphatic rings. The molecule has 4 rings (SSSR count). The third-order valence-corrected chi connectivity index (χ3v) is 4.28. The zero-order valence-corrected chi connectivity index (χ0v) is 14.9. The number of esters is 1. The van der Waals surface area contributed by atoms with E-state index in [0.29, 0.717) is 21.6 Å². The van der Waals surface area contributed by atoms with Gasteiger partial charge in [0.15, 0.2) is 5.76 Å². The van der Waals surface area contributed by atoms with Crippen LogP contribution in [-0.2, 0) is 0 Å². The predicted molar refractivity (Wildman–Crippen MR) is 101 cm³/mol. The van der Waals surface area contributed by atoms with E-state index in [4.69, 9.17) is 25.2 Å². The highest BCUT2D eigenvalue weighted by Crippen LogP contribution is 2.32. The van der Waals surface area contributed by atoms with E-state index in [-0.39, 0.29) is 17.3 Å². The van der Waals surface area contributed by atoms with Gasteiger partial charge in [-0.15, -0.1) is 0 Å². The van der Waals surface area contributed by atoms with Crippen LogP contribution in [0.4, 0.5) is 0 Å². The summed E-state index contributed by atoms with van der Waals surface area (Å²) in [6.07, 6.45) is 1.35. The summed E-state index contributed by atoms with van der Waals surface area (Å²) in [4.78, 5) is 25.4. The first-order valence-corrected chi connectivity index (χ1v) is 8.50. The van der Waals surface area contributed by atoms with Crippen LogP contribution in [0.15, 0.2) is 74.5 Å². The summed E-state index contributed by atoms with van der Waals surface area (Å²) in [6.45, 7) is 1.86. The van der Waals surface area contributed by atoms with Gasteiger partial charge in [-0.25, -0.2) is 4.79 Å². The normalized spacial score (nSPS) is 10.9. The summed E-state index contributed by atoms with van der Waals surface area (Å²) >= 11 is 5.94. The second kappa shape index (κ2) is 6.78. The van der Waals surface area contributed by atoms with Crippen molar-refractivity contribution in [1.29, 1.82) is 0 Å². The van der Waals surface area contributed by atoms with Crippen LogP contribution in [0.3, 0.4) is 0 Å². The Hall–Kier alpha value is -3.31. The number of fused-ring (bicyclic) bond motifs is 1. The average molecular weight is 381 g/mol. The lowest BCUT2D eigenvalue weighted by Gasteiger charge is -2.10. The van der Waals surface area contributed by atoms with Gasteiger partial charge in [0.05, 0.1) is 11.6 Å². The maximum atomic E-state index is 13.1. The summed E-state index contributed by atoms with van der Waals surface area (Å²) in [6, 6.07) is 14.9. The Balaban J connectivity index is 1.94. The van der Waals surface area contributed by atoms with Gasteiger partial charge in [-0.2, -0.15) is 0 Å². The highest BCUT2D eigenvalue weighted by Gasteiger charge is 2.22. The van der Waals surface area contributed by atoms with Crippen molar-refractivity contribution in [2.24, 2.45) is 0 Å². The van der Waals surface area contributed by atoms with Crippen LogP contribution >= 0.6 is 11.6 Å². The minimum absolute atomic E-state index is 0.0132. The summed E-state index contributed by atoms with van der Waals surface area (Å²) in [7, 11) is 0. The molecule has 0 fully saturated rings. The van der Waals surface area contributed by atoms with Crippen molar-refractivity contribution in [3.05, 3.63) is 87.4 Å². The van der Waals surface area contributed by atoms with Gasteiger partial charge in [-0.1, -0.05) is 23.2 Å². The molecule has 134 valence electrons. The predicted octanol–water partition coefficient (Wildman–Crippen LogP) is 5.23. The fraction of sp³-hybridized carbons (Fsp3) is 0.0476. The van der Waals surface area contributed by atoms with Gasteiger partial charge >= 0.3 is 5.97 Å². The largest absolute Gasteiger partial charge is 0.457 e. The first-order chi connectivity index (χ1) is 13.0. The fourth-order valence-corrected chi connectivity index (χ4v) is 2.84. The van der Waals surface area contributed by atoms with Crippen LogP contribution in [0.2, 0.25) is 5.02 Å². The van der Waals surface area contributed by atoms with Gasteiger partial charge < -0.3 is 13.6 Å². The molecule has 0 aliphatic heterocycles. The van der Waals surface area contributed by atoms with Crippen molar-refractivity contribution >= 4 is 28.5 Å². The molecule has 4 aromatic rings. The molecular formula is C21H13ClO5. The lowest BCUT2D eigenvalue weighted by Crippen LogP contribution is -2.16. The number of rotatable bonds is 3. The van der Waals surface area contributed by atoms with Crippen molar-refractivity contribution in [2.45, 2.75) is 6.92 Å². The molecule has 0 aliphatic carbocycles. The zero-order chi connectivity index (χ0) is 19.0. The van der Waals surface area contributed by atoms with Gasteiger partial charge in [0.1, 0.15) is 5.58 Å². The van der Waals surface area contributed by atoms with Crippen LogP contribution in [0.1, 0.15) is 16.1 Å². The summed E-state index contributed by atoms with van der Waals surface area (Å²) < 4.78 is 16.4. The number of ether oxygens (including phenoxy) is 1. The smallest absolute Gasteiger partial charge is 0.379 e. The van der Waals surface area contributed by atoms with Crippen LogP contribution < -0.4 is 10.2 Å². The monoisotopic (exact) mass is 380 g/mol. The zero-order valence-electron chi connectivity index (χ0n) is 14.2. The molecule has 0 bridgehead atoms. The van der Waals surface area contributed by atoms with Gasteiger partial charge in [-0.3, -0.25) is 4.79 Å². The first-order valence-electron chi connectivity index (χ1n) is 8.12. The molecule has 0 radical (unpaired) electrons. The maximum absolute atomic E-state index is 13.1. The number of aryl methyl sites for hydroxylation is 1. The summed E-state index contributed by atoms with van der Waals surface area (Å²) in [5, 5.41) is 0.863. The second-order valence-electron chi connectivity index (χ2n) is 5.96. The van der Waals surface area contributed by atoms with Gasteiger partial charge in [0, 0.05) is 10.6 Å². The van der Waals surface area contributed by atoms with Crippen molar-refractivity contribution in [3.8, 4) is 17.1 Å². The molecule has 2 aromatic heterocycles. The minimum Gasteiger partial charge on any atom is -0.457 e. The molecule has 2 aromatic carbocycles. The van der Waals surface area contributed by atoms with E-state index < -0.39 is 11.4 Å². The number of carbonyl (C=O) groups excluding carboxylic acids is 1. The molecule has 0 atom stereocenters. The second-order valence-corrected chi connectivity index (χ2v) is 6.40. The van der Waals surface area contributed by atoms with Crippen LogP contribution in [0.5, 0.6) is 5.75 Å². The van der Waals surface area contributed by atoms with E-state index >= 15 is 0 Å². The van der Waals surface area contributed by atoms with E-state index in [1.54, 1.807) is 42.5 Å². The maximum Gasteiger partial charge on any atom is 0.379 e. The third-order valence-electron chi connectivity index (χ3n) is 4.03. The molecule has 0 spiro atoms. The van der Waals surface area contributed by atoms with Gasteiger partial charge in [0.2, 0.25) is 16.9 Å². The molecule has 2 heterocycles. The van der Waals surface area contributed by atoms with Crippen molar-refractivity contribution in [2.75, 3.05) is 0 Å². The van der Waals surface area contributed by atoms with E-state index in [0.717, 1.165) is 5.56 Å². The highest BCUT2D eigenvalue weighted by molar-refractivity contribution is 6.30. The Labute approximate surface area is 158 Å². The Morgan fingerprint density at radius 2 is 1.85 bits per heavy atom. The number of halogens is 1. The number of carbonyl (C=O) groups is 1. The van der Waals surface area contributed by atoms with Crippen molar-refractivity contribution < 1.29 is 18.4 Å². The molecule has 27 heavy (non-hydrogen) atoms. The Kier molecular flexibility index (Phi) is 4.30. The molecule has 5 nitrogen and oxygen atoms in total. The number of benzene rings is 2. The lowest BCUT2D eigenvalue weighted by molar-refractivity contribution is 0.0698. The molecule has 0 saturated heterocycles. The molecule has 0 saturated carbocycles. The third kappa shape index (κ3) is 3.25. The van der Waals surface area contributed by atoms with Crippen LogP contribution in [0.25, 0.3) is 22.3 Å². The first kappa shape index (κ1) is 17.1. The van der Waals surface area contributed by atoms with Crippen molar-refractivity contribution in [3.63, 3.8) is 0 Å². The van der Waals surface area contributed by atoms with E-state index in [1.165, 1.54) is 12.3 Å². The lowest BCUT2D eigenvalue weighted by atomic mass is 10.1. The highest BCUT2D eigenvalue weighted by atomic mass is 35.5. The molecule has 0 unspecified atom stereocenters. The fourth-order valence-electron chi connectivity index (χ4n) is 2.71. The van der Waals surface area contributed by atoms with E-state index in [1.807, 2.05) is 13.0 Å². The van der Waals surface area contributed by atoms with Crippen LogP contribution in [0, 0.1) is 6.92 Å². The number of furan rings is 1. The standard InChI is InChI=1S/C21H13ClO5/c1-12-4-9-16-15(11-12)18(23)20(27-21(24)17-3-2-10-25-17)19(26-16)13-5-7-14(22)8-6-13/h2-11H,1H3. The number of hydrogen-bond donors (Lipinski definition) is 0. The number of hydrogen-bond acceptors (Lipinski definition) is 5. The molecular weight excluding hydrogens is 368 g/mol. The molecule has 0 amide bonds.